The number of nitrogens with zero attached hydrogens (tertiary/aromatic N) is 1. The molecule has 66 valence electrons. The summed E-state index contributed by atoms with van der Waals surface area (Å²) in [6.07, 6.45) is 1.62. The molecule has 0 saturated heterocycles. The van der Waals surface area contributed by atoms with Gasteiger partial charge in [0, 0.05) is 11.2 Å². The molecule has 12 heavy (non-hydrogen) atoms. The maximum Gasteiger partial charge on any atom is 0.0728 e. The van der Waals surface area contributed by atoms with Gasteiger partial charge >= 0.3 is 0 Å². The Kier molecular flexibility index (Phi) is 3.47. The van der Waals surface area contributed by atoms with Crippen molar-refractivity contribution >= 4 is 11.6 Å². The highest BCUT2D eigenvalue weighted by atomic mass is 35.5. The lowest BCUT2D eigenvalue weighted by Gasteiger charge is -2.11. The molecule has 0 saturated carbocycles. The zero-order valence-corrected chi connectivity index (χ0v) is 7.54. The average Bonchev–Trinajstić information content (AvgIpc) is 2.07. The summed E-state index contributed by atoms with van der Waals surface area (Å²) in [5, 5.41) is 12.5. The summed E-state index contributed by atoms with van der Waals surface area (Å²) in [7, 11) is 1.77. The van der Waals surface area contributed by atoms with Gasteiger partial charge in [-0.1, -0.05) is 11.6 Å². The first-order chi connectivity index (χ1) is 5.77. The Hall–Kier alpha value is -0.640. The van der Waals surface area contributed by atoms with Crippen molar-refractivity contribution in [3.8, 4) is 0 Å². The van der Waals surface area contributed by atoms with Gasteiger partial charge in [0.05, 0.1) is 18.3 Å². The normalized spacial score (nSPS) is 12.9. The molecule has 0 aliphatic heterocycles. The summed E-state index contributed by atoms with van der Waals surface area (Å²) in [6, 6.07) is 3.30. The van der Waals surface area contributed by atoms with Crippen LogP contribution in [0.2, 0.25) is 5.02 Å². The van der Waals surface area contributed by atoms with Gasteiger partial charge in [0.2, 0.25) is 0 Å². The third-order valence-electron chi connectivity index (χ3n) is 1.63. The van der Waals surface area contributed by atoms with E-state index in [1.807, 2.05) is 0 Å². The lowest BCUT2D eigenvalue weighted by Crippen LogP contribution is -2.20. The van der Waals surface area contributed by atoms with Crippen molar-refractivity contribution in [1.29, 1.82) is 0 Å². The predicted molar refractivity (Wildman–Crippen MR) is 48.1 cm³/mol. The number of nitrogens with one attached hydrogen (secondary N) is 1. The van der Waals surface area contributed by atoms with Crippen LogP contribution in [-0.4, -0.2) is 23.7 Å². The van der Waals surface area contributed by atoms with Crippen molar-refractivity contribution in [1.82, 2.24) is 10.3 Å². The van der Waals surface area contributed by atoms with Gasteiger partial charge in [-0.3, -0.25) is 4.98 Å². The van der Waals surface area contributed by atoms with E-state index in [1.54, 1.807) is 25.4 Å². The minimum Gasteiger partial charge on any atom is -0.394 e. The van der Waals surface area contributed by atoms with Crippen molar-refractivity contribution < 1.29 is 5.11 Å². The molecular formula is C8H11ClN2O. The maximum atomic E-state index is 8.92. The highest BCUT2D eigenvalue weighted by molar-refractivity contribution is 6.30. The number of aromatic nitrogens is 1. The molecule has 2 N–H and O–H groups in total. The summed E-state index contributed by atoms with van der Waals surface area (Å²) in [5.74, 6) is 0. The van der Waals surface area contributed by atoms with Gasteiger partial charge in [-0.25, -0.2) is 0 Å². The van der Waals surface area contributed by atoms with Crippen LogP contribution in [0.15, 0.2) is 18.3 Å². The van der Waals surface area contributed by atoms with Gasteiger partial charge in [0.1, 0.15) is 0 Å². The Morgan fingerprint density at radius 2 is 2.50 bits per heavy atom. The minimum absolute atomic E-state index is 0.0177. The van der Waals surface area contributed by atoms with E-state index in [2.05, 4.69) is 10.3 Å². The van der Waals surface area contributed by atoms with Crippen molar-refractivity contribution in [2.75, 3.05) is 13.7 Å². The fourth-order valence-corrected chi connectivity index (χ4v) is 1.11. The largest absolute Gasteiger partial charge is 0.394 e. The number of rotatable bonds is 3. The zero-order chi connectivity index (χ0) is 8.97. The predicted octanol–water partition coefficient (Wildman–Crippen LogP) is 0.988. The van der Waals surface area contributed by atoms with Crippen molar-refractivity contribution in [3.63, 3.8) is 0 Å². The van der Waals surface area contributed by atoms with Gasteiger partial charge < -0.3 is 10.4 Å². The van der Waals surface area contributed by atoms with Gasteiger partial charge in [0.25, 0.3) is 0 Å². The number of halogens is 1. The van der Waals surface area contributed by atoms with Gasteiger partial charge in [-0.2, -0.15) is 0 Å². The highest BCUT2D eigenvalue weighted by Crippen LogP contribution is 2.13. The molecule has 1 heterocycles. The molecule has 1 atom stereocenters. The van der Waals surface area contributed by atoms with E-state index >= 15 is 0 Å². The van der Waals surface area contributed by atoms with Crippen LogP contribution >= 0.6 is 11.6 Å². The topological polar surface area (TPSA) is 45.1 Å². The fourth-order valence-electron chi connectivity index (χ4n) is 0.944. The van der Waals surface area contributed by atoms with Gasteiger partial charge in [-0.15, -0.1) is 0 Å². The number of aliphatic hydroxyl groups is 1. The molecule has 1 aromatic rings. The Bertz CT molecular complexity index is 251. The minimum atomic E-state index is -0.135. The standard InChI is InChI=1S/C8H11ClN2O/c1-10-8(5-12)7-4-6(9)2-3-11-7/h2-4,8,10,12H,5H2,1H3. The molecule has 0 fully saturated rings. The van der Waals surface area contributed by atoms with Gasteiger partial charge in [-0.05, 0) is 19.2 Å². The van der Waals surface area contributed by atoms with E-state index < -0.39 is 0 Å². The first kappa shape index (κ1) is 9.45. The van der Waals surface area contributed by atoms with Crippen LogP contribution in [0.5, 0.6) is 0 Å². The molecule has 4 heteroatoms. The fraction of sp³-hybridized carbons (Fsp3) is 0.375. The number of aliphatic hydroxyl groups excluding tert-OH is 1. The number of hydrogen-bond donors (Lipinski definition) is 2. The third kappa shape index (κ3) is 2.17. The highest BCUT2D eigenvalue weighted by Gasteiger charge is 2.08. The molecule has 3 nitrogen and oxygen atoms in total. The molecule has 0 aliphatic carbocycles. The van der Waals surface area contributed by atoms with Crippen LogP contribution in [0.1, 0.15) is 11.7 Å². The Morgan fingerprint density at radius 1 is 1.75 bits per heavy atom. The molecule has 0 aliphatic rings. The van der Waals surface area contributed by atoms with Crippen LogP contribution < -0.4 is 5.32 Å². The van der Waals surface area contributed by atoms with Crippen LogP contribution in [0.25, 0.3) is 0 Å². The summed E-state index contributed by atoms with van der Waals surface area (Å²) in [4.78, 5) is 4.07. The molecule has 0 spiro atoms. The quantitative estimate of drug-likeness (QED) is 0.740. The van der Waals surface area contributed by atoms with Crippen LogP contribution in [-0.2, 0) is 0 Å². The van der Waals surface area contributed by atoms with E-state index in [1.165, 1.54) is 0 Å². The Morgan fingerprint density at radius 3 is 3.00 bits per heavy atom. The Balaban J connectivity index is 2.85. The van der Waals surface area contributed by atoms with Crippen LogP contribution in [0, 0.1) is 0 Å². The molecule has 1 rings (SSSR count). The summed E-state index contributed by atoms with van der Waals surface area (Å²) < 4.78 is 0. The van der Waals surface area contributed by atoms with E-state index in [0.29, 0.717) is 5.02 Å². The summed E-state index contributed by atoms with van der Waals surface area (Å²) in [5.41, 5.74) is 0.757. The van der Waals surface area contributed by atoms with Crippen molar-refractivity contribution in [2.45, 2.75) is 6.04 Å². The van der Waals surface area contributed by atoms with Crippen LogP contribution in [0.4, 0.5) is 0 Å². The number of hydrogen-bond acceptors (Lipinski definition) is 3. The third-order valence-corrected chi connectivity index (χ3v) is 1.87. The number of likely N-dealkylation sites (N-methyl/N-ethyl adjacent to an activating group) is 1. The first-order valence-electron chi connectivity index (χ1n) is 3.67. The van der Waals surface area contributed by atoms with Crippen molar-refractivity contribution in [3.05, 3.63) is 29.0 Å². The van der Waals surface area contributed by atoms with E-state index in [0.717, 1.165) is 5.69 Å². The second kappa shape index (κ2) is 4.40. The number of pyridine rings is 1. The Labute approximate surface area is 76.4 Å². The molecule has 0 radical (unpaired) electrons. The lowest BCUT2D eigenvalue weighted by atomic mass is 10.2. The monoisotopic (exact) mass is 186 g/mol. The molecule has 0 amide bonds. The smallest absolute Gasteiger partial charge is 0.0728 e. The zero-order valence-electron chi connectivity index (χ0n) is 6.79. The summed E-state index contributed by atoms with van der Waals surface area (Å²) >= 11 is 5.75. The molecule has 0 aromatic carbocycles. The molecular weight excluding hydrogens is 176 g/mol. The average molecular weight is 187 g/mol. The molecule has 0 bridgehead atoms. The SMILES string of the molecule is CNC(CO)c1cc(Cl)ccn1. The summed E-state index contributed by atoms with van der Waals surface area (Å²) in [6.45, 7) is 0.0177. The molecule has 1 unspecified atom stereocenters. The van der Waals surface area contributed by atoms with Gasteiger partial charge in [0.15, 0.2) is 0 Å². The van der Waals surface area contributed by atoms with Crippen LogP contribution in [0.3, 0.4) is 0 Å². The lowest BCUT2D eigenvalue weighted by molar-refractivity contribution is 0.248. The second-order valence-corrected chi connectivity index (χ2v) is 2.86. The molecule has 1 aromatic heterocycles. The maximum absolute atomic E-state index is 8.92. The second-order valence-electron chi connectivity index (χ2n) is 2.42. The van der Waals surface area contributed by atoms with E-state index in [9.17, 15) is 0 Å². The van der Waals surface area contributed by atoms with E-state index in [4.69, 9.17) is 16.7 Å². The van der Waals surface area contributed by atoms with E-state index in [-0.39, 0.29) is 12.6 Å². The van der Waals surface area contributed by atoms with Crippen molar-refractivity contribution in [2.24, 2.45) is 0 Å². The first-order valence-corrected chi connectivity index (χ1v) is 4.05.